The number of nitrogens with zero attached hydrogens (tertiary/aromatic N) is 1. The molecule has 3 amide bonds. The summed E-state index contributed by atoms with van der Waals surface area (Å²) in [5.41, 5.74) is 9.39. The van der Waals surface area contributed by atoms with Crippen LogP contribution < -0.4 is 21.2 Å². The number of nitrogens with one attached hydrogen (secondary N) is 2. The highest BCUT2D eigenvalue weighted by Gasteiger charge is 2.13. The van der Waals surface area contributed by atoms with Gasteiger partial charge in [-0.05, 0) is 71.8 Å². The zero-order chi connectivity index (χ0) is 22.9. The molecule has 0 radical (unpaired) electrons. The zero-order valence-corrected chi connectivity index (χ0v) is 16.7. The Morgan fingerprint density at radius 1 is 0.906 bits per heavy atom. The third-order valence-electron chi connectivity index (χ3n) is 4.21. The summed E-state index contributed by atoms with van der Waals surface area (Å²) < 4.78 is 18.5. The van der Waals surface area contributed by atoms with E-state index in [2.05, 4.69) is 15.8 Å². The molecule has 162 valence electrons. The van der Waals surface area contributed by atoms with Crippen molar-refractivity contribution in [3.63, 3.8) is 0 Å². The molecule has 0 bridgehead atoms. The normalized spacial score (nSPS) is 10.5. The Labute approximate surface area is 182 Å². The monoisotopic (exact) mass is 434 g/mol. The number of hydrogen-bond donors (Lipinski definition) is 3. The van der Waals surface area contributed by atoms with E-state index in [1.807, 2.05) is 0 Å². The predicted octanol–water partition coefficient (Wildman–Crippen LogP) is 2.59. The summed E-state index contributed by atoms with van der Waals surface area (Å²) in [6.45, 7) is 0.296. The molecule has 3 rings (SSSR count). The van der Waals surface area contributed by atoms with Crippen LogP contribution in [0.4, 0.5) is 10.1 Å². The molecule has 0 heterocycles. The number of primary amides is 1. The Balaban J connectivity index is 1.46. The molecule has 0 aliphatic heterocycles. The van der Waals surface area contributed by atoms with Crippen LogP contribution in [0.15, 0.2) is 77.9 Å². The van der Waals surface area contributed by atoms with Crippen molar-refractivity contribution in [2.45, 2.75) is 6.61 Å². The summed E-state index contributed by atoms with van der Waals surface area (Å²) in [4.78, 5) is 34.8. The number of hydrogen-bond acceptors (Lipinski definition) is 5. The van der Waals surface area contributed by atoms with Crippen molar-refractivity contribution >= 4 is 29.6 Å². The molecule has 8 nitrogen and oxygen atoms in total. The average Bonchev–Trinajstić information content (AvgIpc) is 2.80. The summed E-state index contributed by atoms with van der Waals surface area (Å²) in [6, 6.07) is 18.7. The van der Waals surface area contributed by atoms with E-state index in [-0.39, 0.29) is 11.4 Å². The first-order chi connectivity index (χ1) is 15.4. The summed E-state index contributed by atoms with van der Waals surface area (Å²) in [5.74, 6) is -2.17. The highest BCUT2D eigenvalue weighted by Crippen LogP contribution is 2.14. The smallest absolute Gasteiger partial charge is 0.329 e. The third kappa shape index (κ3) is 6.49. The molecule has 0 saturated heterocycles. The van der Waals surface area contributed by atoms with Crippen molar-refractivity contribution < 1.29 is 23.5 Å². The number of benzene rings is 3. The second-order valence-corrected chi connectivity index (χ2v) is 6.58. The van der Waals surface area contributed by atoms with Gasteiger partial charge in [0.05, 0.1) is 6.21 Å². The van der Waals surface area contributed by atoms with Gasteiger partial charge in [-0.3, -0.25) is 14.4 Å². The van der Waals surface area contributed by atoms with Gasteiger partial charge in [0.15, 0.2) is 0 Å². The maximum Gasteiger partial charge on any atom is 0.329 e. The Hall–Kier alpha value is -4.53. The molecule has 3 aromatic carbocycles. The van der Waals surface area contributed by atoms with Crippen LogP contribution >= 0.6 is 0 Å². The van der Waals surface area contributed by atoms with Gasteiger partial charge < -0.3 is 15.8 Å². The van der Waals surface area contributed by atoms with Crippen molar-refractivity contribution in [3.05, 3.63) is 95.3 Å². The Bertz CT molecular complexity index is 1130. The lowest BCUT2D eigenvalue weighted by Gasteiger charge is -2.06. The topological polar surface area (TPSA) is 123 Å². The lowest BCUT2D eigenvalue weighted by atomic mass is 10.2. The van der Waals surface area contributed by atoms with Crippen LogP contribution in [0.2, 0.25) is 0 Å². The summed E-state index contributed by atoms with van der Waals surface area (Å²) in [7, 11) is 0. The fourth-order valence-corrected chi connectivity index (χ4v) is 2.52. The van der Waals surface area contributed by atoms with Gasteiger partial charge in [0.1, 0.15) is 18.2 Å². The van der Waals surface area contributed by atoms with E-state index < -0.39 is 17.7 Å². The lowest BCUT2D eigenvalue weighted by Crippen LogP contribution is -2.32. The van der Waals surface area contributed by atoms with E-state index in [0.717, 1.165) is 5.56 Å². The van der Waals surface area contributed by atoms with Gasteiger partial charge in [-0.2, -0.15) is 5.10 Å². The number of rotatable bonds is 7. The summed E-state index contributed by atoms with van der Waals surface area (Å²) in [6.07, 6.45) is 1.37. The summed E-state index contributed by atoms with van der Waals surface area (Å²) in [5, 5.41) is 6.13. The minimum Gasteiger partial charge on any atom is -0.489 e. The van der Waals surface area contributed by atoms with Gasteiger partial charge in [0.25, 0.3) is 0 Å². The molecule has 0 aromatic heterocycles. The number of anilines is 1. The van der Waals surface area contributed by atoms with Crippen molar-refractivity contribution in [1.82, 2.24) is 5.43 Å². The second-order valence-electron chi connectivity index (χ2n) is 6.58. The standard InChI is InChI=1S/C23H19FN4O4/c24-18-7-1-16(2-8-18)14-32-20-11-3-15(4-12-20)13-26-28-23(31)22(30)27-19-9-5-17(6-10-19)21(25)29/h1-13H,14H2,(H2,25,29)(H,27,30)(H,28,31)/b26-13+. The third-order valence-corrected chi connectivity index (χ3v) is 4.21. The predicted molar refractivity (Wildman–Crippen MR) is 117 cm³/mol. The Morgan fingerprint density at radius 3 is 2.19 bits per heavy atom. The molecule has 0 aliphatic rings. The fourth-order valence-electron chi connectivity index (χ4n) is 2.52. The van der Waals surface area contributed by atoms with Gasteiger partial charge >= 0.3 is 11.8 Å². The van der Waals surface area contributed by atoms with E-state index in [1.165, 1.54) is 42.6 Å². The number of halogens is 1. The minimum absolute atomic E-state index is 0.281. The quantitative estimate of drug-likeness (QED) is 0.300. The fraction of sp³-hybridized carbons (Fsp3) is 0.0435. The molecule has 32 heavy (non-hydrogen) atoms. The highest BCUT2D eigenvalue weighted by molar-refractivity contribution is 6.39. The van der Waals surface area contributed by atoms with Crippen molar-refractivity contribution in [1.29, 1.82) is 0 Å². The Kier molecular flexibility index (Phi) is 7.26. The average molecular weight is 434 g/mol. The van der Waals surface area contributed by atoms with E-state index >= 15 is 0 Å². The van der Waals surface area contributed by atoms with Gasteiger partial charge in [-0.25, -0.2) is 9.82 Å². The van der Waals surface area contributed by atoms with Crippen LogP contribution in [0.3, 0.4) is 0 Å². The lowest BCUT2D eigenvalue weighted by molar-refractivity contribution is -0.136. The second kappa shape index (κ2) is 10.5. The first-order valence-corrected chi connectivity index (χ1v) is 9.42. The number of amides is 3. The number of ether oxygens (including phenoxy) is 1. The van der Waals surface area contributed by atoms with Crippen LogP contribution in [0.5, 0.6) is 5.75 Å². The number of carbonyl (C=O) groups excluding carboxylic acids is 3. The number of nitrogens with two attached hydrogens (primary N) is 1. The molecule has 0 unspecified atom stereocenters. The molecule has 0 spiro atoms. The molecule has 3 aromatic rings. The molecular weight excluding hydrogens is 415 g/mol. The van der Waals surface area contributed by atoms with Crippen molar-refractivity contribution in [2.75, 3.05) is 5.32 Å². The molecule has 9 heteroatoms. The molecule has 0 atom stereocenters. The molecular formula is C23H19FN4O4. The van der Waals surface area contributed by atoms with Crippen LogP contribution in [0.25, 0.3) is 0 Å². The molecule has 4 N–H and O–H groups in total. The van der Waals surface area contributed by atoms with Crippen molar-refractivity contribution in [2.24, 2.45) is 10.8 Å². The van der Waals surface area contributed by atoms with Gasteiger partial charge in [0.2, 0.25) is 5.91 Å². The Morgan fingerprint density at radius 2 is 1.56 bits per heavy atom. The van der Waals surface area contributed by atoms with E-state index in [4.69, 9.17) is 10.5 Å². The first kappa shape index (κ1) is 22.2. The first-order valence-electron chi connectivity index (χ1n) is 9.42. The number of carbonyl (C=O) groups is 3. The van der Waals surface area contributed by atoms with E-state index in [1.54, 1.807) is 36.4 Å². The minimum atomic E-state index is -0.959. The van der Waals surface area contributed by atoms with E-state index in [9.17, 15) is 18.8 Å². The molecule has 0 fully saturated rings. The zero-order valence-electron chi connectivity index (χ0n) is 16.7. The van der Waals surface area contributed by atoms with Gasteiger partial charge in [-0.1, -0.05) is 12.1 Å². The maximum atomic E-state index is 12.9. The van der Waals surface area contributed by atoms with E-state index in [0.29, 0.717) is 23.6 Å². The van der Waals surface area contributed by atoms with Crippen LogP contribution in [0, 0.1) is 5.82 Å². The summed E-state index contributed by atoms with van der Waals surface area (Å²) >= 11 is 0. The van der Waals surface area contributed by atoms with Gasteiger partial charge in [0, 0.05) is 11.3 Å². The SMILES string of the molecule is NC(=O)c1ccc(NC(=O)C(=O)N/N=C/c2ccc(OCc3ccc(F)cc3)cc2)cc1. The largest absolute Gasteiger partial charge is 0.489 e. The van der Waals surface area contributed by atoms with Gasteiger partial charge in [-0.15, -0.1) is 0 Å². The molecule has 0 aliphatic carbocycles. The van der Waals surface area contributed by atoms with Crippen LogP contribution in [-0.2, 0) is 16.2 Å². The molecule has 0 saturated carbocycles. The highest BCUT2D eigenvalue weighted by atomic mass is 19.1. The number of hydrazone groups is 1. The van der Waals surface area contributed by atoms with Crippen LogP contribution in [-0.4, -0.2) is 23.9 Å². The van der Waals surface area contributed by atoms with Crippen LogP contribution in [0.1, 0.15) is 21.5 Å². The maximum absolute atomic E-state index is 12.9. The van der Waals surface area contributed by atoms with Crippen molar-refractivity contribution in [3.8, 4) is 5.75 Å².